The zero-order chi connectivity index (χ0) is 17.8. The van der Waals surface area contributed by atoms with E-state index in [4.69, 9.17) is 5.73 Å². The molecular weight excluding hydrogens is 323 g/mol. The predicted octanol–water partition coefficient (Wildman–Crippen LogP) is 1.16. The first-order chi connectivity index (χ1) is 12.0. The van der Waals surface area contributed by atoms with Gasteiger partial charge in [-0.2, -0.15) is 0 Å². The van der Waals surface area contributed by atoms with Crippen LogP contribution < -0.4 is 16.4 Å². The molecule has 2 heterocycles. The number of aromatic nitrogens is 1. The molecule has 25 heavy (non-hydrogen) atoms. The topological polar surface area (TPSA) is 97.1 Å². The standard InChI is InChI=1S/C18H19FN4O2/c19-13-3-1-11(2-4-13)7-14(20)9-17(24)22-15-8-12-5-6-21-10-16(12)23-18(15)25/h1-6,10,14-15H,7-9,20H2,(H,22,24)(H,23,25). The lowest BCUT2D eigenvalue weighted by Gasteiger charge is -2.25. The number of fused-ring (bicyclic) bond motifs is 1. The second-order valence-corrected chi connectivity index (χ2v) is 6.14. The minimum Gasteiger partial charge on any atom is -0.344 e. The Morgan fingerprint density at radius 3 is 2.88 bits per heavy atom. The summed E-state index contributed by atoms with van der Waals surface area (Å²) >= 11 is 0. The molecule has 0 aliphatic carbocycles. The third-order valence-corrected chi connectivity index (χ3v) is 4.10. The Balaban J connectivity index is 1.53. The number of hydrogen-bond acceptors (Lipinski definition) is 4. The molecule has 0 saturated carbocycles. The van der Waals surface area contributed by atoms with Gasteiger partial charge in [0.25, 0.3) is 0 Å². The average Bonchev–Trinajstić information content (AvgIpc) is 2.57. The summed E-state index contributed by atoms with van der Waals surface area (Å²) in [5, 5.41) is 5.45. The molecule has 2 atom stereocenters. The van der Waals surface area contributed by atoms with Gasteiger partial charge in [-0.05, 0) is 35.7 Å². The van der Waals surface area contributed by atoms with Gasteiger partial charge in [-0.25, -0.2) is 4.39 Å². The predicted molar refractivity (Wildman–Crippen MR) is 91.2 cm³/mol. The van der Waals surface area contributed by atoms with Gasteiger partial charge >= 0.3 is 0 Å². The molecule has 7 heteroatoms. The highest BCUT2D eigenvalue weighted by Gasteiger charge is 2.27. The van der Waals surface area contributed by atoms with Crippen LogP contribution in [-0.2, 0) is 22.4 Å². The summed E-state index contributed by atoms with van der Waals surface area (Å²) < 4.78 is 12.9. The molecule has 3 rings (SSSR count). The number of nitrogens with zero attached hydrogens (tertiary/aromatic N) is 1. The molecule has 130 valence electrons. The van der Waals surface area contributed by atoms with Crippen molar-refractivity contribution in [1.29, 1.82) is 0 Å². The van der Waals surface area contributed by atoms with Gasteiger partial charge in [0.05, 0.1) is 11.9 Å². The van der Waals surface area contributed by atoms with Crippen LogP contribution in [-0.4, -0.2) is 28.9 Å². The van der Waals surface area contributed by atoms with E-state index in [2.05, 4.69) is 15.6 Å². The van der Waals surface area contributed by atoms with Crippen LogP contribution in [0.2, 0.25) is 0 Å². The van der Waals surface area contributed by atoms with Gasteiger partial charge in [-0.3, -0.25) is 14.6 Å². The van der Waals surface area contributed by atoms with Crippen molar-refractivity contribution in [3.8, 4) is 0 Å². The maximum Gasteiger partial charge on any atom is 0.247 e. The number of pyridine rings is 1. The first-order valence-corrected chi connectivity index (χ1v) is 8.04. The Labute approximate surface area is 144 Å². The summed E-state index contributed by atoms with van der Waals surface area (Å²) in [5.74, 6) is -0.859. The Morgan fingerprint density at radius 2 is 2.12 bits per heavy atom. The minimum atomic E-state index is -0.625. The fourth-order valence-electron chi connectivity index (χ4n) is 2.85. The smallest absolute Gasteiger partial charge is 0.247 e. The van der Waals surface area contributed by atoms with E-state index >= 15 is 0 Å². The Hall–Kier alpha value is -2.80. The lowest BCUT2D eigenvalue weighted by Crippen LogP contribution is -2.48. The largest absolute Gasteiger partial charge is 0.344 e. The van der Waals surface area contributed by atoms with E-state index < -0.39 is 12.1 Å². The quantitative estimate of drug-likeness (QED) is 0.759. The van der Waals surface area contributed by atoms with Crippen LogP contribution >= 0.6 is 0 Å². The number of halogens is 1. The molecule has 0 saturated heterocycles. The summed E-state index contributed by atoms with van der Waals surface area (Å²) in [5.41, 5.74) is 8.46. The van der Waals surface area contributed by atoms with E-state index in [1.165, 1.54) is 12.1 Å². The van der Waals surface area contributed by atoms with Crippen molar-refractivity contribution in [2.75, 3.05) is 5.32 Å². The van der Waals surface area contributed by atoms with E-state index in [-0.39, 0.29) is 24.1 Å². The molecule has 6 nitrogen and oxygen atoms in total. The van der Waals surface area contributed by atoms with Crippen molar-refractivity contribution in [1.82, 2.24) is 10.3 Å². The van der Waals surface area contributed by atoms with Gasteiger partial charge in [0.2, 0.25) is 11.8 Å². The van der Waals surface area contributed by atoms with E-state index in [1.807, 2.05) is 6.07 Å². The molecule has 1 aromatic carbocycles. The molecule has 2 amide bonds. The summed E-state index contributed by atoms with van der Waals surface area (Å²) in [6.07, 6.45) is 4.20. The monoisotopic (exact) mass is 342 g/mol. The zero-order valence-electron chi connectivity index (χ0n) is 13.5. The molecule has 0 bridgehead atoms. The van der Waals surface area contributed by atoms with Gasteiger partial charge in [0, 0.05) is 25.1 Å². The van der Waals surface area contributed by atoms with Crippen molar-refractivity contribution in [3.63, 3.8) is 0 Å². The molecule has 2 aromatic rings. The van der Waals surface area contributed by atoms with Crippen molar-refractivity contribution in [2.45, 2.75) is 31.3 Å². The summed E-state index contributed by atoms with van der Waals surface area (Å²) in [6.45, 7) is 0. The molecule has 1 aromatic heterocycles. The normalized spacial score (nSPS) is 17.4. The Morgan fingerprint density at radius 1 is 1.36 bits per heavy atom. The average molecular weight is 342 g/mol. The molecule has 0 fully saturated rings. The molecule has 1 aliphatic rings. The molecule has 2 unspecified atom stereocenters. The number of amides is 2. The van der Waals surface area contributed by atoms with Gasteiger partial charge in [-0.1, -0.05) is 12.1 Å². The zero-order valence-corrected chi connectivity index (χ0v) is 13.5. The maximum atomic E-state index is 12.9. The second kappa shape index (κ2) is 7.40. The van der Waals surface area contributed by atoms with Crippen LogP contribution in [0, 0.1) is 5.82 Å². The Bertz CT molecular complexity index is 779. The number of anilines is 1. The molecule has 1 aliphatic heterocycles. The fraction of sp³-hybridized carbons (Fsp3) is 0.278. The molecule has 4 N–H and O–H groups in total. The SMILES string of the molecule is NC(CC(=O)NC1Cc2ccncc2NC1=O)Cc1ccc(F)cc1. The highest BCUT2D eigenvalue weighted by Crippen LogP contribution is 2.20. The van der Waals surface area contributed by atoms with E-state index in [9.17, 15) is 14.0 Å². The number of nitrogens with one attached hydrogen (secondary N) is 2. The Kier molecular flexibility index (Phi) is 5.04. The molecule has 0 spiro atoms. The summed E-state index contributed by atoms with van der Waals surface area (Å²) in [4.78, 5) is 28.2. The fourth-order valence-corrected chi connectivity index (χ4v) is 2.85. The number of benzene rings is 1. The number of carbonyl (C=O) groups excluding carboxylic acids is 2. The lowest BCUT2D eigenvalue weighted by atomic mass is 9.99. The number of nitrogens with two attached hydrogens (primary N) is 1. The summed E-state index contributed by atoms with van der Waals surface area (Å²) in [7, 11) is 0. The van der Waals surface area contributed by atoms with Crippen molar-refractivity contribution < 1.29 is 14.0 Å². The molecule has 0 radical (unpaired) electrons. The minimum absolute atomic E-state index is 0.0877. The van der Waals surface area contributed by atoms with Gasteiger partial charge in [-0.15, -0.1) is 0 Å². The molecular formula is C18H19FN4O2. The maximum absolute atomic E-state index is 12.9. The van der Waals surface area contributed by atoms with Crippen LogP contribution in [0.25, 0.3) is 0 Å². The third-order valence-electron chi connectivity index (χ3n) is 4.10. The number of carbonyl (C=O) groups is 2. The highest BCUT2D eigenvalue weighted by molar-refractivity contribution is 5.99. The third kappa shape index (κ3) is 4.39. The van der Waals surface area contributed by atoms with Crippen molar-refractivity contribution in [2.24, 2.45) is 5.73 Å². The van der Waals surface area contributed by atoms with Crippen molar-refractivity contribution in [3.05, 3.63) is 59.7 Å². The van der Waals surface area contributed by atoms with Crippen molar-refractivity contribution >= 4 is 17.5 Å². The number of rotatable bonds is 5. The van der Waals surface area contributed by atoms with Gasteiger partial charge in [0.1, 0.15) is 11.9 Å². The van der Waals surface area contributed by atoms with Crippen LogP contribution in [0.5, 0.6) is 0 Å². The first-order valence-electron chi connectivity index (χ1n) is 8.04. The van der Waals surface area contributed by atoms with E-state index in [0.717, 1.165) is 11.1 Å². The second-order valence-electron chi connectivity index (χ2n) is 6.14. The lowest BCUT2D eigenvalue weighted by molar-refractivity contribution is -0.126. The van der Waals surface area contributed by atoms with Gasteiger partial charge < -0.3 is 16.4 Å². The van der Waals surface area contributed by atoms with E-state index in [0.29, 0.717) is 18.5 Å². The number of hydrogen-bond donors (Lipinski definition) is 3. The highest BCUT2D eigenvalue weighted by atomic mass is 19.1. The summed E-state index contributed by atoms with van der Waals surface area (Å²) in [6, 6.07) is 6.80. The van der Waals surface area contributed by atoms with Crippen LogP contribution in [0.4, 0.5) is 10.1 Å². The van der Waals surface area contributed by atoms with E-state index in [1.54, 1.807) is 24.5 Å². The van der Waals surface area contributed by atoms with Gasteiger partial charge in [0.15, 0.2) is 0 Å². The van der Waals surface area contributed by atoms with Crippen LogP contribution in [0.3, 0.4) is 0 Å². The van der Waals surface area contributed by atoms with Crippen LogP contribution in [0.1, 0.15) is 17.5 Å². The first kappa shape index (κ1) is 17.0. The van der Waals surface area contributed by atoms with Crippen LogP contribution in [0.15, 0.2) is 42.7 Å².